The van der Waals surface area contributed by atoms with Crippen LogP contribution in [0.25, 0.3) is 5.65 Å². The zero-order valence-corrected chi connectivity index (χ0v) is 13.6. The normalized spacial score (nSPS) is 13.0. The molecule has 21 heavy (non-hydrogen) atoms. The zero-order valence-electron chi connectivity index (χ0n) is 12.0. The first kappa shape index (κ1) is 16.1. The Labute approximate surface area is 131 Å². The average Bonchev–Trinajstić information content (AvgIpc) is 2.39. The van der Waals surface area contributed by atoms with E-state index in [9.17, 15) is 9.90 Å². The second kappa shape index (κ2) is 7.13. The Morgan fingerprint density at radius 1 is 1.52 bits per heavy atom. The molecule has 7 heteroatoms. The number of aliphatic hydroxyl groups excluding tert-OH is 1. The van der Waals surface area contributed by atoms with Gasteiger partial charge in [0.05, 0.1) is 18.4 Å². The molecule has 2 aromatic rings. The van der Waals surface area contributed by atoms with Crippen LogP contribution >= 0.6 is 15.9 Å². The van der Waals surface area contributed by atoms with Gasteiger partial charge in [-0.1, -0.05) is 0 Å². The molecule has 0 radical (unpaired) electrons. The predicted octanol–water partition coefficient (Wildman–Crippen LogP) is 0.896. The minimum atomic E-state index is -0.558. The summed E-state index contributed by atoms with van der Waals surface area (Å²) in [5.74, 6) is 0. The largest absolute Gasteiger partial charge is 0.389 e. The third-order valence-electron chi connectivity index (χ3n) is 2.99. The number of nitrogens with zero attached hydrogens (tertiary/aromatic N) is 3. The summed E-state index contributed by atoms with van der Waals surface area (Å²) in [5.41, 5.74) is 1.16. The van der Waals surface area contributed by atoms with E-state index in [4.69, 9.17) is 4.74 Å². The van der Waals surface area contributed by atoms with Crippen molar-refractivity contribution in [1.82, 2.24) is 14.3 Å². The van der Waals surface area contributed by atoms with Crippen molar-refractivity contribution in [2.75, 3.05) is 27.3 Å². The topological polar surface area (TPSA) is 67.1 Å². The van der Waals surface area contributed by atoms with Gasteiger partial charge in [-0.15, -0.1) is 0 Å². The monoisotopic (exact) mass is 355 g/mol. The lowest BCUT2D eigenvalue weighted by atomic mass is 10.3. The van der Waals surface area contributed by atoms with Gasteiger partial charge in [-0.25, -0.2) is 4.98 Å². The fourth-order valence-electron chi connectivity index (χ4n) is 2.15. The van der Waals surface area contributed by atoms with Crippen molar-refractivity contribution in [2.45, 2.75) is 12.6 Å². The maximum Gasteiger partial charge on any atom is 0.258 e. The van der Waals surface area contributed by atoms with Crippen molar-refractivity contribution < 1.29 is 9.84 Å². The summed E-state index contributed by atoms with van der Waals surface area (Å²) in [7, 11) is 3.41. The van der Waals surface area contributed by atoms with E-state index in [0.717, 1.165) is 4.47 Å². The number of methoxy groups -OCH3 is 1. The number of hydrogen-bond donors (Lipinski definition) is 1. The molecule has 2 aromatic heterocycles. The molecule has 0 aliphatic rings. The molecule has 114 valence electrons. The summed E-state index contributed by atoms with van der Waals surface area (Å²) >= 11 is 3.33. The van der Waals surface area contributed by atoms with Gasteiger partial charge in [-0.05, 0) is 35.1 Å². The molecule has 0 saturated carbocycles. The van der Waals surface area contributed by atoms with Crippen molar-refractivity contribution in [3.8, 4) is 0 Å². The molecule has 6 nitrogen and oxygen atoms in total. The van der Waals surface area contributed by atoms with Crippen LogP contribution < -0.4 is 5.56 Å². The van der Waals surface area contributed by atoms with Crippen LogP contribution in [0.15, 0.2) is 33.7 Å². The maximum absolute atomic E-state index is 12.1. The van der Waals surface area contributed by atoms with Crippen LogP contribution in [0, 0.1) is 0 Å². The van der Waals surface area contributed by atoms with Gasteiger partial charge in [-0.3, -0.25) is 14.1 Å². The predicted molar refractivity (Wildman–Crippen MR) is 83.4 cm³/mol. The van der Waals surface area contributed by atoms with E-state index < -0.39 is 6.10 Å². The average molecular weight is 356 g/mol. The minimum absolute atomic E-state index is 0.123. The highest BCUT2D eigenvalue weighted by Gasteiger charge is 2.10. The number of rotatable bonds is 6. The first-order valence-electron chi connectivity index (χ1n) is 6.53. The highest BCUT2D eigenvalue weighted by atomic mass is 79.9. The summed E-state index contributed by atoms with van der Waals surface area (Å²) in [6.45, 7) is 1.23. The van der Waals surface area contributed by atoms with Gasteiger partial charge >= 0.3 is 0 Å². The van der Waals surface area contributed by atoms with Gasteiger partial charge in [0, 0.05) is 36.9 Å². The van der Waals surface area contributed by atoms with E-state index in [2.05, 4.69) is 20.9 Å². The Kier molecular flexibility index (Phi) is 5.46. The molecule has 0 amide bonds. The van der Waals surface area contributed by atoms with Gasteiger partial charge in [0.2, 0.25) is 0 Å². The Morgan fingerprint density at radius 2 is 2.29 bits per heavy atom. The summed E-state index contributed by atoms with van der Waals surface area (Å²) in [6.07, 6.45) is 1.14. The molecule has 0 bridgehead atoms. The highest BCUT2D eigenvalue weighted by Crippen LogP contribution is 2.10. The molecule has 0 spiro atoms. The van der Waals surface area contributed by atoms with Crippen molar-refractivity contribution in [2.24, 2.45) is 0 Å². The number of hydrogen-bond acceptors (Lipinski definition) is 5. The van der Waals surface area contributed by atoms with Crippen molar-refractivity contribution >= 4 is 21.6 Å². The third-order valence-corrected chi connectivity index (χ3v) is 3.46. The van der Waals surface area contributed by atoms with Crippen molar-refractivity contribution in [3.05, 3.63) is 44.9 Å². The lowest BCUT2D eigenvalue weighted by Crippen LogP contribution is -2.32. The SMILES string of the molecule is COCC(O)CN(C)Cc1cc(=O)n2cc(Br)ccc2n1. The molecule has 1 unspecified atom stereocenters. The zero-order chi connectivity index (χ0) is 15.4. The Balaban J connectivity index is 2.16. The molecule has 1 N–H and O–H groups in total. The second-order valence-corrected chi connectivity index (χ2v) is 5.88. The molecule has 0 saturated heterocycles. The number of fused-ring (bicyclic) bond motifs is 1. The number of likely N-dealkylation sites (N-methyl/N-ethyl adjacent to an activating group) is 1. The number of halogens is 1. The number of pyridine rings is 1. The fraction of sp³-hybridized carbons (Fsp3) is 0.429. The summed E-state index contributed by atoms with van der Waals surface area (Å²) in [4.78, 5) is 18.4. The van der Waals surface area contributed by atoms with Crippen LogP contribution in [0.3, 0.4) is 0 Å². The highest BCUT2D eigenvalue weighted by molar-refractivity contribution is 9.10. The molecular formula is C14H18BrN3O3. The van der Waals surface area contributed by atoms with Crippen molar-refractivity contribution in [1.29, 1.82) is 0 Å². The summed E-state index contributed by atoms with van der Waals surface area (Å²) < 4.78 is 7.21. The van der Waals surface area contributed by atoms with Gasteiger partial charge in [-0.2, -0.15) is 0 Å². The molecular weight excluding hydrogens is 338 g/mol. The minimum Gasteiger partial charge on any atom is -0.389 e. The van der Waals surface area contributed by atoms with Gasteiger partial charge < -0.3 is 9.84 Å². The van der Waals surface area contributed by atoms with Crippen molar-refractivity contribution in [3.63, 3.8) is 0 Å². The van der Waals surface area contributed by atoms with Gasteiger partial charge in [0.15, 0.2) is 0 Å². The second-order valence-electron chi connectivity index (χ2n) is 4.97. The molecule has 2 heterocycles. The molecule has 0 aliphatic carbocycles. The third kappa shape index (κ3) is 4.34. The van der Waals surface area contributed by atoms with Gasteiger partial charge in [0.1, 0.15) is 5.65 Å². The number of ether oxygens (including phenoxy) is 1. The van der Waals surface area contributed by atoms with Crippen LogP contribution in [-0.4, -0.2) is 52.8 Å². The number of aromatic nitrogens is 2. The van der Waals surface area contributed by atoms with E-state index in [1.165, 1.54) is 10.5 Å². The molecule has 0 fully saturated rings. The van der Waals surface area contributed by atoms with Gasteiger partial charge in [0.25, 0.3) is 5.56 Å². The van der Waals surface area contributed by atoms with Crippen LogP contribution in [0.5, 0.6) is 0 Å². The van der Waals surface area contributed by atoms with E-state index in [-0.39, 0.29) is 12.2 Å². The Morgan fingerprint density at radius 3 is 3.00 bits per heavy atom. The van der Waals surface area contributed by atoms with Crippen LogP contribution in [0.1, 0.15) is 5.69 Å². The molecule has 0 aliphatic heterocycles. The Hall–Kier alpha value is -1.28. The van der Waals surface area contributed by atoms with Crippen LogP contribution in [0.4, 0.5) is 0 Å². The summed E-state index contributed by atoms with van der Waals surface area (Å²) in [5, 5.41) is 9.70. The molecule has 1 atom stereocenters. The standard InChI is InChI=1S/C14H18BrN3O3/c1-17(8-12(19)9-21-2)7-11-5-14(20)18-6-10(15)3-4-13(18)16-11/h3-6,12,19H,7-9H2,1-2H3. The lowest BCUT2D eigenvalue weighted by Gasteiger charge is -2.19. The number of aliphatic hydroxyl groups is 1. The van der Waals surface area contributed by atoms with Crippen LogP contribution in [0.2, 0.25) is 0 Å². The molecule has 2 rings (SSSR count). The Bertz CT molecular complexity index is 674. The quantitative estimate of drug-likeness (QED) is 0.833. The van der Waals surface area contributed by atoms with E-state index >= 15 is 0 Å². The molecule has 0 aromatic carbocycles. The van der Waals surface area contributed by atoms with Crippen LogP contribution in [-0.2, 0) is 11.3 Å². The first-order chi connectivity index (χ1) is 9.99. The maximum atomic E-state index is 12.1. The smallest absolute Gasteiger partial charge is 0.258 e. The lowest BCUT2D eigenvalue weighted by molar-refractivity contribution is 0.0417. The van der Waals surface area contributed by atoms with E-state index in [1.54, 1.807) is 19.4 Å². The van der Waals surface area contributed by atoms with E-state index in [0.29, 0.717) is 24.4 Å². The fourth-order valence-corrected chi connectivity index (χ4v) is 2.49. The van der Waals surface area contributed by atoms with E-state index in [1.807, 2.05) is 18.0 Å². The summed E-state index contributed by atoms with van der Waals surface area (Å²) in [6, 6.07) is 5.14. The first-order valence-corrected chi connectivity index (χ1v) is 7.32.